The molecule has 94 valence electrons. The highest BCUT2D eigenvalue weighted by Gasteiger charge is 2.11. The lowest BCUT2D eigenvalue weighted by atomic mass is 10.1. The van der Waals surface area contributed by atoms with Gasteiger partial charge < -0.3 is 9.84 Å². The van der Waals surface area contributed by atoms with Gasteiger partial charge in [-0.1, -0.05) is 22.0 Å². The Morgan fingerprint density at radius 2 is 2.00 bits per heavy atom. The van der Waals surface area contributed by atoms with Crippen molar-refractivity contribution in [3.63, 3.8) is 0 Å². The van der Waals surface area contributed by atoms with Gasteiger partial charge in [-0.3, -0.25) is 0 Å². The molecule has 0 fully saturated rings. The maximum absolute atomic E-state index is 13.1. The van der Waals surface area contributed by atoms with Crippen LogP contribution in [0.4, 0.5) is 4.39 Å². The third-order valence-corrected chi connectivity index (χ3v) is 2.94. The van der Waals surface area contributed by atoms with E-state index in [1.54, 1.807) is 19.1 Å². The van der Waals surface area contributed by atoms with E-state index in [0.29, 0.717) is 17.1 Å². The van der Waals surface area contributed by atoms with E-state index in [4.69, 9.17) is 4.74 Å². The van der Waals surface area contributed by atoms with Crippen molar-refractivity contribution in [1.29, 1.82) is 0 Å². The van der Waals surface area contributed by atoms with Crippen molar-refractivity contribution in [2.75, 3.05) is 0 Å². The SMILES string of the molecule is C[C@H](O)c1cc(F)ccc1Oc1cccc(Br)c1. The van der Waals surface area contributed by atoms with Gasteiger partial charge in [0, 0.05) is 10.0 Å². The highest BCUT2D eigenvalue weighted by Crippen LogP contribution is 2.31. The van der Waals surface area contributed by atoms with Gasteiger partial charge in [-0.15, -0.1) is 0 Å². The number of hydrogen-bond donors (Lipinski definition) is 1. The molecular weight excluding hydrogens is 299 g/mol. The zero-order valence-electron chi connectivity index (χ0n) is 9.73. The molecule has 4 heteroatoms. The van der Waals surface area contributed by atoms with Crippen molar-refractivity contribution in [2.24, 2.45) is 0 Å². The van der Waals surface area contributed by atoms with Gasteiger partial charge in [0.05, 0.1) is 6.10 Å². The number of halogens is 2. The predicted octanol–water partition coefficient (Wildman–Crippen LogP) is 4.43. The van der Waals surface area contributed by atoms with Crippen molar-refractivity contribution < 1.29 is 14.2 Å². The van der Waals surface area contributed by atoms with Gasteiger partial charge in [0.15, 0.2) is 0 Å². The number of ether oxygens (including phenoxy) is 1. The minimum Gasteiger partial charge on any atom is -0.457 e. The highest BCUT2D eigenvalue weighted by molar-refractivity contribution is 9.10. The first-order chi connectivity index (χ1) is 8.56. The molecule has 0 unspecified atom stereocenters. The summed E-state index contributed by atoms with van der Waals surface area (Å²) in [5.74, 6) is 0.676. The molecule has 2 aromatic carbocycles. The van der Waals surface area contributed by atoms with Crippen LogP contribution in [0.1, 0.15) is 18.6 Å². The van der Waals surface area contributed by atoms with Gasteiger partial charge in [0.2, 0.25) is 0 Å². The number of benzene rings is 2. The summed E-state index contributed by atoms with van der Waals surface area (Å²) in [5.41, 5.74) is 0.426. The molecule has 2 aromatic rings. The lowest BCUT2D eigenvalue weighted by Gasteiger charge is -2.13. The maximum atomic E-state index is 13.1. The van der Waals surface area contributed by atoms with E-state index in [0.717, 1.165) is 4.47 Å². The Labute approximate surface area is 113 Å². The monoisotopic (exact) mass is 310 g/mol. The Morgan fingerprint density at radius 1 is 1.22 bits per heavy atom. The van der Waals surface area contributed by atoms with Crippen molar-refractivity contribution in [3.05, 3.63) is 58.3 Å². The Hall–Kier alpha value is -1.39. The third-order valence-electron chi connectivity index (χ3n) is 2.45. The molecule has 0 radical (unpaired) electrons. The van der Waals surface area contributed by atoms with Crippen LogP contribution in [-0.4, -0.2) is 5.11 Å². The molecule has 2 rings (SSSR count). The lowest BCUT2D eigenvalue weighted by Crippen LogP contribution is -1.97. The molecule has 0 aliphatic carbocycles. The quantitative estimate of drug-likeness (QED) is 0.908. The molecule has 1 atom stereocenters. The molecule has 0 aromatic heterocycles. The maximum Gasteiger partial charge on any atom is 0.133 e. The van der Waals surface area contributed by atoms with E-state index >= 15 is 0 Å². The van der Waals surface area contributed by atoms with Gasteiger partial charge in [0.1, 0.15) is 17.3 Å². The molecule has 0 heterocycles. The Morgan fingerprint density at radius 3 is 2.67 bits per heavy atom. The molecule has 0 amide bonds. The van der Waals surface area contributed by atoms with E-state index in [2.05, 4.69) is 15.9 Å². The van der Waals surface area contributed by atoms with Crippen LogP contribution in [0.15, 0.2) is 46.9 Å². The summed E-state index contributed by atoms with van der Waals surface area (Å²) >= 11 is 3.35. The van der Waals surface area contributed by atoms with Crippen LogP contribution in [0, 0.1) is 5.82 Å². The van der Waals surface area contributed by atoms with Gasteiger partial charge in [-0.2, -0.15) is 0 Å². The predicted molar refractivity (Wildman–Crippen MR) is 71.2 cm³/mol. The topological polar surface area (TPSA) is 29.5 Å². The van der Waals surface area contributed by atoms with Crippen LogP contribution >= 0.6 is 15.9 Å². The molecule has 18 heavy (non-hydrogen) atoms. The van der Waals surface area contributed by atoms with Crippen molar-refractivity contribution in [3.8, 4) is 11.5 Å². The molecule has 2 nitrogen and oxygen atoms in total. The summed E-state index contributed by atoms with van der Waals surface area (Å²) in [5, 5.41) is 9.61. The first-order valence-corrected chi connectivity index (χ1v) is 6.26. The van der Waals surface area contributed by atoms with E-state index in [9.17, 15) is 9.50 Å². The third kappa shape index (κ3) is 3.09. The van der Waals surface area contributed by atoms with Crippen molar-refractivity contribution in [1.82, 2.24) is 0 Å². The summed E-state index contributed by atoms with van der Waals surface area (Å²) < 4.78 is 19.7. The fourth-order valence-corrected chi connectivity index (χ4v) is 1.97. The summed E-state index contributed by atoms with van der Waals surface area (Å²) in [6, 6.07) is 11.4. The first kappa shape index (κ1) is 13.1. The van der Waals surface area contributed by atoms with Crippen LogP contribution in [0.25, 0.3) is 0 Å². The number of hydrogen-bond acceptors (Lipinski definition) is 2. The summed E-state index contributed by atoms with van der Waals surface area (Å²) in [7, 11) is 0. The molecule has 0 saturated carbocycles. The fourth-order valence-electron chi connectivity index (χ4n) is 1.60. The lowest BCUT2D eigenvalue weighted by molar-refractivity contribution is 0.195. The van der Waals surface area contributed by atoms with E-state index < -0.39 is 11.9 Å². The first-order valence-electron chi connectivity index (χ1n) is 5.47. The molecule has 0 aliphatic rings. The van der Waals surface area contributed by atoms with Crippen molar-refractivity contribution >= 4 is 15.9 Å². The van der Waals surface area contributed by atoms with Crippen LogP contribution in [0.2, 0.25) is 0 Å². The molecular formula is C14H12BrFO2. The molecule has 0 bridgehead atoms. The molecule has 0 saturated heterocycles. The van der Waals surface area contributed by atoms with Crippen LogP contribution in [0.3, 0.4) is 0 Å². The fraction of sp³-hybridized carbons (Fsp3) is 0.143. The van der Waals surface area contributed by atoms with Gasteiger partial charge in [-0.25, -0.2) is 4.39 Å². The second-order valence-electron chi connectivity index (χ2n) is 3.92. The second-order valence-corrected chi connectivity index (χ2v) is 4.83. The Bertz CT molecular complexity index is 555. The average molecular weight is 311 g/mol. The molecule has 1 N–H and O–H groups in total. The Balaban J connectivity index is 2.34. The summed E-state index contributed by atoms with van der Waals surface area (Å²) in [6.45, 7) is 1.57. The van der Waals surface area contributed by atoms with E-state index in [1.165, 1.54) is 18.2 Å². The van der Waals surface area contributed by atoms with Gasteiger partial charge >= 0.3 is 0 Å². The number of rotatable bonds is 3. The normalized spacial score (nSPS) is 12.2. The number of aliphatic hydroxyl groups is 1. The largest absolute Gasteiger partial charge is 0.457 e. The van der Waals surface area contributed by atoms with E-state index in [1.807, 2.05) is 12.1 Å². The zero-order valence-corrected chi connectivity index (χ0v) is 11.3. The summed E-state index contributed by atoms with van der Waals surface area (Å²) in [4.78, 5) is 0. The highest BCUT2D eigenvalue weighted by atomic mass is 79.9. The minimum atomic E-state index is -0.789. The smallest absolute Gasteiger partial charge is 0.133 e. The average Bonchev–Trinajstić information content (AvgIpc) is 2.31. The zero-order chi connectivity index (χ0) is 13.1. The van der Waals surface area contributed by atoms with Crippen LogP contribution < -0.4 is 4.74 Å². The minimum absolute atomic E-state index is 0.396. The van der Waals surface area contributed by atoms with Crippen LogP contribution in [-0.2, 0) is 0 Å². The van der Waals surface area contributed by atoms with Crippen LogP contribution in [0.5, 0.6) is 11.5 Å². The van der Waals surface area contributed by atoms with Crippen molar-refractivity contribution in [2.45, 2.75) is 13.0 Å². The van der Waals surface area contributed by atoms with Gasteiger partial charge in [-0.05, 0) is 43.3 Å². The standard InChI is InChI=1S/C14H12BrFO2/c1-9(17)13-8-11(16)5-6-14(13)18-12-4-2-3-10(15)7-12/h2-9,17H,1H3/t9-/m0/s1. The Kier molecular flexibility index (Phi) is 3.99. The molecule has 0 spiro atoms. The second kappa shape index (κ2) is 5.50. The van der Waals surface area contributed by atoms with E-state index in [-0.39, 0.29) is 0 Å². The number of aliphatic hydroxyl groups excluding tert-OH is 1. The molecule has 0 aliphatic heterocycles. The van der Waals surface area contributed by atoms with Gasteiger partial charge in [0.25, 0.3) is 0 Å². The summed E-state index contributed by atoms with van der Waals surface area (Å²) in [6.07, 6.45) is -0.789.